The molecular weight excluding hydrogens is 400 g/mol. The molecule has 8 heteroatoms. The fraction of sp³-hybridized carbons (Fsp3) is 0.318. The van der Waals surface area contributed by atoms with Crippen LogP contribution in [0.3, 0.4) is 0 Å². The third-order valence-corrected chi connectivity index (χ3v) is 6.14. The lowest BCUT2D eigenvalue weighted by atomic mass is 9.96. The highest BCUT2D eigenvalue weighted by molar-refractivity contribution is 7.07. The minimum absolute atomic E-state index is 0.0443. The number of carbonyl (C=O) groups excluding carboxylic acids is 1. The van der Waals surface area contributed by atoms with Crippen LogP contribution in [-0.4, -0.2) is 29.4 Å². The number of carbonyl (C=O) groups is 1. The van der Waals surface area contributed by atoms with Gasteiger partial charge in [-0.05, 0) is 43.2 Å². The number of benzene rings is 1. The molecule has 0 spiro atoms. The van der Waals surface area contributed by atoms with E-state index in [4.69, 9.17) is 14.1 Å². The predicted molar refractivity (Wildman–Crippen MR) is 116 cm³/mol. The van der Waals surface area contributed by atoms with Gasteiger partial charge in [-0.15, -0.1) is 11.3 Å². The van der Waals surface area contributed by atoms with Crippen LogP contribution in [0.1, 0.15) is 37.9 Å². The van der Waals surface area contributed by atoms with Crippen molar-refractivity contribution in [3.05, 3.63) is 52.5 Å². The maximum absolute atomic E-state index is 11.7. The van der Waals surface area contributed by atoms with Crippen molar-refractivity contribution in [1.29, 1.82) is 0 Å². The molecule has 154 valence electrons. The molecule has 1 fully saturated rings. The normalized spacial score (nSPS) is 17.7. The van der Waals surface area contributed by atoms with Gasteiger partial charge in [-0.3, -0.25) is 9.79 Å². The second-order valence-electron chi connectivity index (χ2n) is 7.44. The van der Waals surface area contributed by atoms with Gasteiger partial charge in [0.1, 0.15) is 11.5 Å². The highest BCUT2D eigenvalue weighted by Gasteiger charge is 2.18. The van der Waals surface area contributed by atoms with Gasteiger partial charge in [0.2, 0.25) is 4.80 Å². The first-order valence-electron chi connectivity index (χ1n) is 10.2. The highest BCUT2D eigenvalue weighted by Crippen LogP contribution is 2.33. The quantitative estimate of drug-likeness (QED) is 0.638. The maximum Gasteiger partial charge on any atom is 0.262 e. The highest BCUT2D eigenvalue weighted by atomic mass is 32.1. The van der Waals surface area contributed by atoms with Gasteiger partial charge in [-0.1, -0.05) is 19.3 Å². The van der Waals surface area contributed by atoms with Crippen LogP contribution in [0.5, 0.6) is 5.75 Å². The summed E-state index contributed by atoms with van der Waals surface area (Å²) in [5.74, 6) is 1.20. The molecule has 1 N–H and O–H groups in total. The zero-order valence-corrected chi connectivity index (χ0v) is 17.2. The summed E-state index contributed by atoms with van der Waals surface area (Å²) < 4.78 is 12.7. The van der Waals surface area contributed by atoms with E-state index in [1.807, 2.05) is 40.4 Å². The van der Waals surface area contributed by atoms with Crippen LogP contribution < -0.4 is 14.9 Å². The largest absolute Gasteiger partial charge is 0.482 e. The Kier molecular flexibility index (Phi) is 5.23. The van der Waals surface area contributed by atoms with Gasteiger partial charge < -0.3 is 14.5 Å². The van der Waals surface area contributed by atoms with Crippen molar-refractivity contribution < 1.29 is 13.9 Å². The van der Waals surface area contributed by atoms with Gasteiger partial charge in [0.25, 0.3) is 5.91 Å². The third-order valence-electron chi connectivity index (χ3n) is 5.30. The van der Waals surface area contributed by atoms with Crippen molar-refractivity contribution in [2.24, 2.45) is 10.1 Å². The average molecular weight is 423 g/mol. The fourth-order valence-corrected chi connectivity index (χ4v) is 4.69. The van der Waals surface area contributed by atoms with Crippen molar-refractivity contribution in [2.75, 3.05) is 11.9 Å². The summed E-state index contributed by atoms with van der Waals surface area (Å²) in [6.07, 6.45) is 9.31. The van der Waals surface area contributed by atoms with Crippen molar-refractivity contribution in [1.82, 2.24) is 4.68 Å². The van der Waals surface area contributed by atoms with E-state index in [1.54, 1.807) is 23.8 Å². The summed E-state index contributed by atoms with van der Waals surface area (Å²) >= 11 is 1.57. The van der Waals surface area contributed by atoms with Crippen LogP contribution in [0.15, 0.2) is 56.5 Å². The van der Waals surface area contributed by atoms with E-state index in [2.05, 4.69) is 10.4 Å². The molecule has 7 nitrogen and oxygen atoms in total. The zero-order chi connectivity index (χ0) is 20.3. The number of nitrogens with one attached hydrogen (secondary N) is 1. The first-order valence-corrected chi connectivity index (χ1v) is 11.0. The average Bonchev–Trinajstić information content (AvgIpc) is 3.42. The Morgan fingerprint density at radius 3 is 2.93 bits per heavy atom. The van der Waals surface area contributed by atoms with Crippen molar-refractivity contribution in [3.63, 3.8) is 0 Å². The van der Waals surface area contributed by atoms with Crippen LogP contribution in [0, 0.1) is 0 Å². The van der Waals surface area contributed by atoms with E-state index >= 15 is 0 Å². The van der Waals surface area contributed by atoms with Gasteiger partial charge >= 0.3 is 0 Å². The molecule has 0 saturated heterocycles. The summed E-state index contributed by atoms with van der Waals surface area (Å²) in [5, 5.41) is 9.59. The molecule has 5 rings (SSSR count). The molecule has 0 radical (unpaired) electrons. The summed E-state index contributed by atoms with van der Waals surface area (Å²) in [6, 6.07) is 9.80. The molecule has 0 atom stereocenters. The summed E-state index contributed by atoms with van der Waals surface area (Å²) in [4.78, 5) is 17.6. The number of hydrogen-bond donors (Lipinski definition) is 1. The number of furan rings is 1. The van der Waals surface area contributed by atoms with Crippen LogP contribution in [0.25, 0.3) is 11.3 Å². The van der Waals surface area contributed by atoms with Gasteiger partial charge in [-0.25, -0.2) is 4.68 Å². The molecule has 0 unspecified atom stereocenters. The Morgan fingerprint density at radius 1 is 1.20 bits per heavy atom. The summed E-state index contributed by atoms with van der Waals surface area (Å²) in [5.41, 5.74) is 2.50. The lowest BCUT2D eigenvalue weighted by Crippen LogP contribution is -2.25. The number of nitrogens with zero attached hydrogens (tertiary/aromatic N) is 3. The Bertz CT molecular complexity index is 1140. The molecule has 1 amide bonds. The predicted octanol–water partition coefficient (Wildman–Crippen LogP) is 4.26. The van der Waals surface area contributed by atoms with Crippen molar-refractivity contribution >= 4 is 29.1 Å². The zero-order valence-electron chi connectivity index (χ0n) is 16.4. The monoisotopic (exact) mass is 422 g/mol. The van der Waals surface area contributed by atoms with E-state index in [0.29, 0.717) is 23.2 Å². The number of rotatable bonds is 4. The Hall–Kier alpha value is -3.13. The van der Waals surface area contributed by atoms with Gasteiger partial charge in [0, 0.05) is 10.9 Å². The SMILES string of the molecule is O=C1COc2ccc(-c3csc(=NC4CCCCC4)n3N=Cc3ccco3)cc2N1. The Morgan fingerprint density at radius 2 is 2.10 bits per heavy atom. The molecule has 2 aliphatic rings. The first-order chi connectivity index (χ1) is 14.8. The minimum Gasteiger partial charge on any atom is -0.482 e. The molecule has 0 bridgehead atoms. The van der Waals surface area contributed by atoms with Gasteiger partial charge in [-0.2, -0.15) is 5.10 Å². The smallest absolute Gasteiger partial charge is 0.262 e. The second kappa shape index (κ2) is 8.31. The van der Waals surface area contributed by atoms with E-state index in [1.165, 1.54) is 19.3 Å². The van der Waals surface area contributed by atoms with E-state index < -0.39 is 0 Å². The molecule has 2 aromatic heterocycles. The molecule has 3 aromatic rings. The number of anilines is 1. The van der Waals surface area contributed by atoms with E-state index in [9.17, 15) is 4.79 Å². The standard InChI is InChI=1S/C22H22N4O3S/c27-21-13-29-20-9-8-15(11-18(20)25-21)19-14-30-22(24-16-5-2-1-3-6-16)26(19)23-12-17-7-4-10-28-17/h4,7-12,14,16H,1-3,5-6,13H2,(H,25,27). The van der Waals surface area contributed by atoms with E-state index in [0.717, 1.165) is 28.9 Å². The van der Waals surface area contributed by atoms with Gasteiger partial charge in [0.05, 0.1) is 29.9 Å². The number of aromatic nitrogens is 1. The lowest BCUT2D eigenvalue weighted by Gasteiger charge is -2.18. The van der Waals surface area contributed by atoms with Gasteiger partial charge in [0.15, 0.2) is 6.61 Å². The first kappa shape index (κ1) is 18.9. The molecule has 30 heavy (non-hydrogen) atoms. The number of ether oxygens (including phenoxy) is 1. The summed E-state index contributed by atoms with van der Waals surface area (Å²) in [6.45, 7) is 0.0443. The number of amides is 1. The van der Waals surface area contributed by atoms with Crippen molar-refractivity contribution in [3.8, 4) is 17.0 Å². The third kappa shape index (κ3) is 3.95. The van der Waals surface area contributed by atoms with Crippen molar-refractivity contribution in [2.45, 2.75) is 38.1 Å². The van der Waals surface area contributed by atoms with Crippen LogP contribution in [-0.2, 0) is 4.79 Å². The minimum atomic E-state index is -0.151. The molecule has 1 aliphatic heterocycles. The molecule has 1 aromatic carbocycles. The topological polar surface area (TPSA) is 81.1 Å². The van der Waals surface area contributed by atoms with Crippen LogP contribution in [0.4, 0.5) is 5.69 Å². The molecule has 1 aliphatic carbocycles. The molecule has 1 saturated carbocycles. The molecule has 3 heterocycles. The van der Waals surface area contributed by atoms with Crippen LogP contribution in [0.2, 0.25) is 0 Å². The summed E-state index contributed by atoms with van der Waals surface area (Å²) in [7, 11) is 0. The number of fused-ring (bicyclic) bond motifs is 1. The van der Waals surface area contributed by atoms with Crippen LogP contribution >= 0.6 is 11.3 Å². The molecular formula is C22H22N4O3S. The fourth-order valence-electron chi connectivity index (χ4n) is 3.79. The Balaban J connectivity index is 1.57. The van der Waals surface area contributed by atoms with E-state index in [-0.39, 0.29) is 12.5 Å². The number of hydrogen-bond acceptors (Lipinski definition) is 6. The Labute approximate surface area is 177 Å². The lowest BCUT2D eigenvalue weighted by molar-refractivity contribution is -0.118. The second-order valence-corrected chi connectivity index (χ2v) is 8.28. The number of thiazole rings is 1. The maximum atomic E-state index is 11.7.